The van der Waals surface area contributed by atoms with E-state index in [0.29, 0.717) is 12.5 Å². The van der Waals surface area contributed by atoms with Gasteiger partial charge in [-0.3, -0.25) is 9.59 Å². The Morgan fingerprint density at radius 1 is 1.24 bits per heavy atom. The summed E-state index contributed by atoms with van der Waals surface area (Å²) in [5.41, 5.74) is -0.361. The lowest BCUT2D eigenvalue weighted by Gasteiger charge is -2.18. The quantitative estimate of drug-likeness (QED) is 0.565. The van der Waals surface area contributed by atoms with Crippen LogP contribution in [0, 0.1) is 5.92 Å². The molecule has 0 aliphatic carbocycles. The first-order chi connectivity index (χ1) is 9.64. The Morgan fingerprint density at radius 3 is 2.14 bits per heavy atom. The molecule has 0 aliphatic rings. The number of carbonyl (C=O) groups is 2. The first-order valence-electron chi connectivity index (χ1n) is 7.29. The van der Waals surface area contributed by atoms with Crippen LogP contribution in [-0.2, 0) is 14.3 Å². The van der Waals surface area contributed by atoms with Gasteiger partial charge in [0.15, 0.2) is 0 Å². The molecule has 0 saturated heterocycles. The molecule has 0 fully saturated rings. The van der Waals surface area contributed by atoms with Crippen LogP contribution >= 0.6 is 0 Å². The molecule has 6 nitrogen and oxygen atoms in total. The Balaban J connectivity index is 0. The summed E-state index contributed by atoms with van der Waals surface area (Å²) < 4.78 is 4.84. The second kappa shape index (κ2) is 12.6. The van der Waals surface area contributed by atoms with Crippen LogP contribution in [0.2, 0.25) is 0 Å². The molecular formula is C15H31NO5. The molecule has 0 unspecified atom stereocenters. The molecule has 21 heavy (non-hydrogen) atoms. The number of nitrogens with one attached hydrogen (secondary N) is 1. The molecule has 0 atom stereocenters. The summed E-state index contributed by atoms with van der Waals surface area (Å²) in [7, 11) is 1.58. The maximum Gasteiger partial charge on any atom is 0.303 e. The molecule has 126 valence electrons. The molecule has 0 spiro atoms. The lowest BCUT2D eigenvalue weighted by atomic mass is 10.1. The van der Waals surface area contributed by atoms with Gasteiger partial charge in [-0.15, -0.1) is 0 Å². The fourth-order valence-corrected chi connectivity index (χ4v) is 1.11. The van der Waals surface area contributed by atoms with Crippen molar-refractivity contribution in [2.24, 2.45) is 5.92 Å². The Kier molecular flexibility index (Phi) is 13.3. The third kappa shape index (κ3) is 18.9. The van der Waals surface area contributed by atoms with Crippen LogP contribution in [0.1, 0.15) is 53.4 Å². The molecule has 0 saturated carbocycles. The molecule has 0 heterocycles. The number of aliphatic hydroxyl groups is 1. The molecule has 0 aromatic rings. The van der Waals surface area contributed by atoms with Crippen LogP contribution in [-0.4, -0.2) is 48.0 Å². The van der Waals surface area contributed by atoms with Crippen LogP contribution in [0.3, 0.4) is 0 Å². The van der Waals surface area contributed by atoms with E-state index in [1.807, 2.05) is 13.8 Å². The van der Waals surface area contributed by atoms with E-state index in [2.05, 4.69) is 19.2 Å². The van der Waals surface area contributed by atoms with Crippen LogP contribution < -0.4 is 5.32 Å². The third-order valence-electron chi connectivity index (χ3n) is 2.78. The van der Waals surface area contributed by atoms with E-state index in [9.17, 15) is 9.59 Å². The molecule has 0 bridgehead atoms. The average molecular weight is 305 g/mol. The first-order valence-corrected chi connectivity index (χ1v) is 7.29. The Bertz CT molecular complexity index is 284. The monoisotopic (exact) mass is 305 g/mol. The molecule has 6 heteroatoms. The van der Waals surface area contributed by atoms with Crippen molar-refractivity contribution < 1.29 is 24.5 Å². The SMILES string of the molecule is CC(C)CCCNC(=O)CCC(=O)O.COC(C)(C)CO. The van der Waals surface area contributed by atoms with E-state index in [0.717, 1.165) is 12.8 Å². The lowest BCUT2D eigenvalue weighted by molar-refractivity contribution is -0.138. The van der Waals surface area contributed by atoms with Crippen molar-refractivity contribution in [1.29, 1.82) is 0 Å². The van der Waals surface area contributed by atoms with Crippen molar-refractivity contribution in [3.63, 3.8) is 0 Å². The molecule has 0 rings (SSSR count). The number of carboxylic acids is 1. The van der Waals surface area contributed by atoms with Crippen LogP contribution in [0.4, 0.5) is 0 Å². The topological polar surface area (TPSA) is 95.9 Å². The van der Waals surface area contributed by atoms with Crippen LogP contribution in [0.5, 0.6) is 0 Å². The normalized spacial score (nSPS) is 10.8. The third-order valence-corrected chi connectivity index (χ3v) is 2.78. The largest absolute Gasteiger partial charge is 0.481 e. The number of rotatable bonds is 9. The zero-order chi connectivity index (χ0) is 16.9. The predicted octanol–water partition coefficient (Wildman–Crippen LogP) is 1.81. The molecule has 3 N–H and O–H groups in total. The summed E-state index contributed by atoms with van der Waals surface area (Å²) in [6.07, 6.45) is 2.03. The van der Waals surface area contributed by atoms with Gasteiger partial charge in [-0.1, -0.05) is 13.8 Å². The van der Waals surface area contributed by atoms with E-state index in [1.54, 1.807) is 7.11 Å². The Labute approximate surface area is 127 Å². The number of hydrogen-bond donors (Lipinski definition) is 3. The number of aliphatic hydroxyl groups excluding tert-OH is 1. The predicted molar refractivity (Wildman–Crippen MR) is 82.1 cm³/mol. The standard InChI is InChI=1S/C10H19NO3.C5H12O2/c1-8(2)4-3-7-11-9(12)5-6-10(13)14;1-5(2,4-6)7-3/h8H,3-7H2,1-2H3,(H,11,12)(H,13,14);6H,4H2,1-3H3. The van der Waals surface area contributed by atoms with Gasteiger partial charge >= 0.3 is 5.97 Å². The van der Waals surface area contributed by atoms with Gasteiger partial charge in [0.1, 0.15) is 0 Å². The van der Waals surface area contributed by atoms with E-state index in [1.165, 1.54) is 0 Å². The summed E-state index contributed by atoms with van der Waals surface area (Å²) in [5, 5.41) is 19.5. The van der Waals surface area contributed by atoms with Gasteiger partial charge in [-0.25, -0.2) is 0 Å². The minimum atomic E-state index is -0.928. The summed E-state index contributed by atoms with van der Waals surface area (Å²) in [4.78, 5) is 21.2. The highest BCUT2D eigenvalue weighted by atomic mass is 16.5. The second-order valence-electron chi connectivity index (χ2n) is 5.90. The Hall–Kier alpha value is -1.14. The van der Waals surface area contributed by atoms with E-state index in [4.69, 9.17) is 14.9 Å². The second-order valence-corrected chi connectivity index (χ2v) is 5.90. The number of carboxylic acid groups (broad SMARTS) is 1. The van der Waals surface area contributed by atoms with Gasteiger partial charge in [-0.05, 0) is 32.6 Å². The van der Waals surface area contributed by atoms with Crippen molar-refractivity contribution >= 4 is 11.9 Å². The van der Waals surface area contributed by atoms with Crippen molar-refractivity contribution in [2.45, 2.75) is 59.0 Å². The Morgan fingerprint density at radius 2 is 1.81 bits per heavy atom. The lowest BCUT2D eigenvalue weighted by Crippen LogP contribution is -2.26. The number of aliphatic carboxylic acids is 1. The maximum atomic E-state index is 11.0. The van der Waals surface area contributed by atoms with Gasteiger partial charge in [0.05, 0.1) is 18.6 Å². The fourth-order valence-electron chi connectivity index (χ4n) is 1.11. The number of amides is 1. The number of carbonyl (C=O) groups excluding carboxylic acids is 1. The average Bonchev–Trinajstić information content (AvgIpc) is 2.42. The summed E-state index contributed by atoms with van der Waals surface area (Å²) >= 11 is 0. The highest BCUT2D eigenvalue weighted by molar-refractivity contribution is 5.80. The molecular weight excluding hydrogens is 274 g/mol. The minimum absolute atomic E-state index is 0.0729. The zero-order valence-corrected chi connectivity index (χ0v) is 13.9. The summed E-state index contributed by atoms with van der Waals surface area (Å²) in [6.45, 7) is 8.64. The van der Waals surface area contributed by atoms with Crippen molar-refractivity contribution in [2.75, 3.05) is 20.3 Å². The van der Waals surface area contributed by atoms with Crippen molar-refractivity contribution in [1.82, 2.24) is 5.32 Å². The van der Waals surface area contributed by atoms with E-state index >= 15 is 0 Å². The van der Waals surface area contributed by atoms with E-state index in [-0.39, 0.29) is 31.0 Å². The maximum absolute atomic E-state index is 11.0. The van der Waals surface area contributed by atoms with Crippen LogP contribution in [0.15, 0.2) is 0 Å². The van der Waals surface area contributed by atoms with Crippen molar-refractivity contribution in [3.8, 4) is 0 Å². The van der Waals surface area contributed by atoms with Crippen molar-refractivity contribution in [3.05, 3.63) is 0 Å². The fraction of sp³-hybridized carbons (Fsp3) is 0.867. The van der Waals surface area contributed by atoms with Gasteiger partial charge < -0.3 is 20.3 Å². The highest BCUT2D eigenvalue weighted by Gasteiger charge is 2.12. The van der Waals surface area contributed by atoms with Gasteiger partial charge in [0.25, 0.3) is 0 Å². The molecule has 0 radical (unpaired) electrons. The minimum Gasteiger partial charge on any atom is -0.481 e. The van der Waals surface area contributed by atoms with Gasteiger partial charge in [0.2, 0.25) is 5.91 Å². The highest BCUT2D eigenvalue weighted by Crippen LogP contribution is 2.03. The number of methoxy groups -OCH3 is 1. The zero-order valence-electron chi connectivity index (χ0n) is 13.9. The van der Waals surface area contributed by atoms with Gasteiger partial charge in [-0.2, -0.15) is 0 Å². The number of ether oxygens (including phenoxy) is 1. The summed E-state index contributed by atoms with van der Waals surface area (Å²) in [6, 6.07) is 0. The molecule has 0 aromatic carbocycles. The van der Waals surface area contributed by atoms with Crippen LogP contribution in [0.25, 0.3) is 0 Å². The molecule has 0 aromatic heterocycles. The summed E-state index contributed by atoms with van der Waals surface area (Å²) in [5.74, 6) is -0.454. The molecule has 0 aliphatic heterocycles. The smallest absolute Gasteiger partial charge is 0.303 e. The van der Waals surface area contributed by atoms with Gasteiger partial charge in [0, 0.05) is 20.1 Å². The molecule has 1 amide bonds. The van der Waals surface area contributed by atoms with E-state index < -0.39 is 5.97 Å². The number of hydrogen-bond acceptors (Lipinski definition) is 4. The first kappa shape index (κ1) is 22.1.